The summed E-state index contributed by atoms with van der Waals surface area (Å²) in [6.07, 6.45) is 1.66. The first-order chi connectivity index (χ1) is 13.0. The van der Waals surface area contributed by atoms with Crippen molar-refractivity contribution in [3.63, 3.8) is 0 Å². The first-order valence-electron chi connectivity index (χ1n) is 8.61. The van der Waals surface area contributed by atoms with Gasteiger partial charge in [-0.15, -0.1) is 0 Å². The third kappa shape index (κ3) is 3.14. The fraction of sp³-hybridized carbons (Fsp3) is 0.143. The number of aryl methyl sites for hydroxylation is 2. The van der Waals surface area contributed by atoms with Crippen molar-refractivity contribution in [2.75, 3.05) is 0 Å². The quantitative estimate of drug-likeness (QED) is 0.561. The SMILES string of the molecule is Cc1n[nH]c(C)c1Cn1cnc(-c2ccccc2)c1-c1cc(F)ccc1F. The minimum absolute atomic E-state index is 0.185. The third-order valence-corrected chi connectivity index (χ3v) is 4.68. The molecule has 0 saturated carbocycles. The van der Waals surface area contributed by atoms with Gasteiger partial charge in [-0.25, -0.2) is 13.8 Å². The maximum absolute atomic E-state index is 14.6. The van der Waals surface area contributed by atoms with Crippen molar-refractivity contribution in [2.45, 2.75) is 20.4 Å². The summed E-state index contributed by atoms with van der Waals surface area (Å²) in [5, 5.41) is 7.18. The molecule has 0 radical (unpaired) electrons. The van der Waals surface area contributed by atoms with Crippen LogP contribution in [0.1, 0.15) is 17.0 Å². The predicted octanol–water partition coefficient (Wildman–Crippen LogP) is 4.88. The molecule has 0 fully saturated rings. The van der Waals surface area contributed by atoms with E-state index in [9.17, 15) is 8.78 Å². The van der Waals surface area contributed by atoms with Gasteiger partial charge < -0.3 is 4.57 Å². The van der Waals surface area contributed by atoms with Crippen molar-refractivity contribution in [2.24, 2.45) is 0 Å². The van der Waals surface area contributed by atoms with Crippen LogP contribution in [0.5, 0.6) is 0 Å². The lowest BCUT2D eigenvalue weighted by Crippen LogP contribution is -2.04. The van der Waals surface area contributed by atoms with Crippen molar-refractivity contribution in [3.05, 3.63) is 83.4 Å². The van der Waals surface area contributed by atoms with Crippen molar-refractivity contribution in [1.29, 1.82) is 0 Å². The van der Waals surface area contributed by atoms with E-state index in [-0.39, 0.29) is 5.56 Å². The maximum Gasteiger partial charge on any atom is 0.132 e. The highest BCUT2D eigenvalue weighted by Gasteiger charge is 2.20. The molecular formula is C21H18F2N4. The molecule has 6 heteroatoms. The Morgan fingerprint density at radius 2 is 1.81 bits per heavy atom. The van der Waals surface area contributed by atoms with Crippen molar-refractivity contribution in [1.82, 2.24) is 19.7 Å². The van der Waals surface area contributed by atoms with Crippen LogP contribution in [-0.2, 0) is 6.54 Å². The fourth-order valence-electron chi connectivity index (χ4n) is 3.25. The molecule has 0 spiro atoms. The smallest absolute Gasteiger partial charge is 0.132 e. The average molecular weight is 364 g/mol. The molecule has 2 heterocycles. The first-order valence-corrected chi connectivity index (χ1v) is 8.61. The van der Waals surface area contributed by atoms with Crippen molar-refractivity contribution < 1.29 is 8.78 Å². The molecule has 0 aliphatic heterocycles. The molecule has 0 bridgehead atoms. The molecule has 4 rings (SSSR count). The van der Waals surface area contributed by atoms with Crippen LogP contribution in [0.25, 0.3) is 22.5 Å². The summed E-state index contributed by atoms with van der Waals surface area (Å²) in [5.41, 5.74) is 4.99. The van der Waals surface area contributed by atoms with E-state index in [4.69, 9.17) is 0 Å². The highest BCUT2D eigenvalue weighted by molar-refractivity contribution is 5.79. The zero-order chi connectivity index (χ0) is 19.0. The van der Waals surface area contributed by atoms with Crippen LogP contribution in [0.3, 0.4) is 0 Å². The Bertz CT molecular complexity index is 1080. The van der Waals surface area contributed by atoms with Crippen LogP contribution < -0.4 is 0 Å². The standard InChI is InChI=1S/C21H18F2N4/c1-13-18(14(2)26-25-13)11-27-12-24-20(15-6-4-3-5-7-15)21(27)17-10-16(22)8-9-19(17)23/h3-10,12H,11H2,1-2H3,(H,25,26). The van der Waals surface area contributed by atoms with E-state index >= 15 is 0 Å². The number of aromatic nitrogens is 4. The minimum Gasteiger partial charge on any atom is -0.325 e. The summed E-state index contributed by atoms with van der Waals surface area (Å²) in [7, 11) is 0. The number of nitrogens with zero attached hydrogens (tertiary/aromatic N) is 3. The van der Waals surface area contributed by atoms with E-state index < -0.39 is 11.6 Å². The molecule has 2 aromatic heterocycles. The fourth-order valence-corrected chi connectivity index (χ4v) is 3.25. The van der Waals surface area contributed by atoms with Gasteiger partial charge in [-0.1, -0.05) is 30.3 Å². The van der Waals surface area contributed by atoms with E-state index in [1.165, 1.54) is 6.07 Å². The summed E-state index contributed by atoms with van der Waals surface area (Å²) in [6.45, 7) is 4.31. The number of benzene rings is 2. The summed E-state index contributed by atoms with van der Waals surface area (Å²) in [6, 6.07) is 13.0. The van der Waals surface area contributed by atoms with Gasteiger partial charge in [0, 0.05) is 22.4 Å². The minimum atomic E-state index is -0.492. The third-order valence-electron chi connectivity index (χ3n) is 4.68. The summed E-state index contributed by atoms with van der Waals surface area (Å²) in [5.74, 6) is -0.982. The molecule has 136 valence electrons. The Hall–Kier alpha value is -3.28. The molecule has 0 unspecified atom stereocenters. The Kier molecular flexibility index (Phi) is 4.32. The van der Waals surface area contributed by atoms with Crippen LogP contribution in [0.15, 0.2) is 54.9 Å². The normalized spacial score (nSPS) is 11.1. The highest BCUT2D eigenvalue weighted by Crippen LogP contribution is 2.34. The number of H-pyrrole nitrogens is 1. The number of hydrogen-bond acceptors (Lipinski definition) is 2. The van der Waals surface area contributed by atoms with E-state index in [1.54, 1.807) is 6.33 Å². The molecule has 27 heavy (non-hydrogen) atoms. The lowest BCUT2D eigenvalue weighted by Gasteiger charge is -2.12. The molecule has 0 aliphatic rings. The maximum atomic E-state index is 14.6. The second-order valence-electron chi connectivity index (χ2n) is 6.47. The predicted molar refractivity (Wildman–Crippen MR) is 100 cm³/mol. The molecular weight excluding hydrogens is 346 g/mol. The van der Waals surface area contributed by atoms with Crippen molar-refractivity contribution >= 4 is 0 Å². The monoisotopic (exact) mass is 364 g/mol. The molecule has 0 aliphatic carbocycles. The van der Waals surface area contributed by atoms with Crippen LogP contribution in [0.4, 0.5) is 8.78 Å². The Labute approximate surface area is 155 Å². The van der Waals surface area contributed by atoms with Gasteiger partial charge in [0.05, 0.1) is 30.0 Å². The van der Waals surface area contributed by atoms with Crippen LogP contribution in [0.2, 0.25) is 0 Å². The van der Waals surface area contributed by atoms with Gasteiger partial charge in [0.25, 0.3) is 0 Å². The summed E-state index contributed by atoms with van der Waals surface area (Å²) in [4.78, 5) is 4.52. The van der Waals surface area contributed by atoms with E-state index in [0.717, 1.165) is 34.6 Å². The van der Waals surface area contributed by atoms with E-state index in [0.29, 0.717) is 17.9 Å². The van der Waals surface area contributed by atoms with Gasteiger partial charge >= 0.3 is 0 Å². The number of halogens is 2. The molecule has 0 amide bonds. The van der Waals surface area contributed by atoms with Gasteiger partial charge in [-0.2, -0.15) is 5.10 Å². The second kappa shape index (κ2) is 6.79. The lowest BCUT2D eigenvalue weighted by molar-refractivity contribution is 0.601. The van der Waals surface area contributed by atoms with Gasteiger partial charge in [-0.05, 0) is 32.0 Å². The Morgan fingerprint density at radius 3 is 2.52 bits per heavy atom. The van der Waals surface area contributed by atoms with Crippen LogP contribution in [-0.4, -0.2) is 19.7 Å². The topological polar surface area (TPSA) is 46.5 Å². The molecule has 4 aromatic rings. The summed E-state index contributed by atoms with van der Waals surface area (Å²) >= 11 is 0. The van der Waals surface area contributed by atoms with Gasteiger partial charge in [0.1, 0.15) is 11.6 Å². The number of hydrogen-bond donors (Lipinski definition) is 1. The molecule has 0 atom stereocenters. The number of imidazole rings is 1. The highest BCUT2D eigenvalue weighted by atomic mass is 19.1. The zero-order valence-electron chi connectivity index (χ0n) is 15.0. The zero-order valence-corrected chi connectivity index (χ0v) is 15.0. The lowest BCUT2D eigenvalue weighted by atomic mass is 10.0. The number of nitrogens with one attached hydrogen (secondary N) is 1. The Morgan fingerprint density at radius 1 is 1.04 bits per heavy atom. The molecule has 4 nitrogen and oxygen atoms in total. The largest absolute Gasteiger partial charge is 0.325 e. The summed E-state index contributed by atoms with van der Waals surface area (Å²) < 4.78 is 30.4. The van der Waals surface area contributed by atoms with Gasteiger partial charge in [0.2, 0.25) is 0 Å². The molecule has 1 N–H and O–H groups in total. The van der Waals surface area contributed by atoms with E-state index in [2.05, 4.69) is 15.2 Å². The first kappa shape index (κ1) is 17.1. The van der Waals surface area contributed by atoms with Crippen LogP contribution >= 0.6 is 0 Å². The Balaban J connectivity index is 1.92. The van der Waals surface area contributed by atoms with Gasteiger partial charge in [0.15, 0.2) is 0 Å². The van der Waals surface area contributed by atoms with Crippen LogP contribution in [0, 0.1) is 25.5 Å². The van der Waals surface area contributed by atoms with Gasteiger partial charge in [-0.3, -0.25) is 5.10 Å². The average Bonchev–Trinajstić information content (AvgIpc) is 3.23. The molecule has 0 saturated heterocycles. The van der Waals surface area contributed by atoms with Crippen molar-refractivity contribution in [3.8, 4) is 22.5 Å². The second-order valence-corrected chi connectivity index (χ2v) is 6.47. The molecule has 2 aromatic carbocycles. The number of aromatic amines is 1. The number of rotatable bonds is 4. The van der Waals surface area contributed by atoms with E-state index in [1.807, 2.05) is 48.7 Å².